The lowest BCUT2D eigenvalue weighted by molar-refractivity contribution is 0.102. The second kappa shape index (κ2) is 6.22. The quantitative estimate of drug-likeness (QED) is 0.729. The van der Waals surface area contributed by atoms with Gasteiger partial charge >= 0.3 is 0 Å². The molecule has 0 spiro atoms. The van der Waals surface area contributed by atoms with Gasteiger partial charge in [-0.3, -0.25) is 4.79 Å². The first-order valence-electron chi connectivity index (χ1n) is 6.78. The Morgan fingerprint density at radius 2 is 2.04 bits per heavy atom. The molecule has 6 heteroatoms. The molecule has 1 amide bonds. The van der Waals surface area contributed by atoms with Crippen molar-refractivity contribution in [1.29, 1.82) is 0 Å². The highest BCUT2D eigenvalue weighted by Gasteiger charge is 2.14. The molecule has 116 valence electrons. The molecule has 3 rings (SSSR count). The van der Waals surface area contributed by atoms with E-state index in [2.05, 4.69) is 10.3 Å². The van der Waals surface area contributed by atoms with E-state index < -0.39 is 11.7 Å². The average molecular weight is 331 g/mol. The van der Waals surface area contributed by atoms with Crippen LogP contribution >= 0.6 is 11.6 Å². The first-order valence-corrected chi connectivity index (χ1v) is 7.16. The Hall–Kier alpha value is -2.66. The number of hydrogen-bond acceptors (Lipinski definition) is 3. The first kappa shape index (κ1) is 15.2. The minimum Gasteiger partial charge on any atom is -0.497 e. The highest BCUT2D eigenvalue weighted by Crippen LogP contribution is 2.23. The normalized spacial score (nSPS) is 10.6. The number of ether oxygens (including phenoxy) is 1. The lowest BCUT2D eigenvalue weighted by Gasteiger charge is -2.09. The molecule has 0 saturated carbocycles. The van der Waals surface area contributed by atoms with Gasteiger partial charge in [-0.2, -0.15) is 0 Å². The second-order valence-corrected chi connectivity index (χ2v) is 5.21. The van der Waals surface area contributed by atoms with Gasteiger partial charge in [-0.25, -0.2) is 9.37 Å². The molecule has 3 aromatic rings. The van der Waals surface area contributed by atoms with Crippen LogP contribution in [0, 0.1) is 5.82 Å². The molecule has 0 bridgehead atoms. The topological polar surface area (TPSA) is 51.2 Å². The molecule has 0 aliphatic heterocycles. The van der Waals surface area contributed by atoms with Crippen LogP contribution in [0.3, 0.4) is 0 Å². The van der Waals surface area contributed by atoms with Crippen molar-refractivity contribution in [2.75, 3.05) is 12.4 Å². The van der Waals surface area contributed by atoms with Crippen LogP contribution < -0.4 is 10.1 Å². The minimum atomic E-state index is -0.408. The van der Waals surface area contributed by atoms with Gasteiger partial charge in [0.05, 0.1) is 18.2 Å². The molecule has 0 radical (unpaired) electrons. The summed E-state index contributed by atoms with van der Waals surface area (Å²) in [5.74, 6) is -0.183. The van der Waals surface area contributed by atoms with Gasteiger partial charge in [0.25, 0.3) is 5.91 Å². The summed E-state index contributed by atoms with van der Waals surface area (Å²) in [4.78, 5) is 16.5. The third-order valence-corrected chi connectivity index (χ3v) is 3.59. The number of nitrogens with zero attached hydrogens (tertiary/aromatic N) is 1. The van der Waals surface area contributed by atoms with Crippen molar-refractivity contribution in [2.45, 2.75) is 0 Å². The standard InChI is InChI=1S/C17H12ClFN2O2/c1-23-13-4-2-3-12(9-13)20-17(22)14-7-10-5-6-11(19)8-15(10)21-16(14)18/h2-9H,1H3,(H,20,22). The Morgan fingerprint density at radius 1 is 1.22 bits per heavy atom. The number of anilines is 1. The molecule has 0 atom stereocenters. The molecule has 0 unspecified atom stereocenters. The molecular formula is C17H12ClFN2O2. The molecule has 1 heterocycles. The highest BCUT2D eigenvalue weighted by atomic mass is 35.5. The summed E-state index contributed by atoms with van der Waals surface area (Å²) in [6.45, 7) is 0. The SMILES string of the molecule is COc1cccc(NC(=O)c2cc3ccc(F)cc3nc2Cl)c1. The maximum atomic E-state index is 13.2. The Bertz CT molecular complexity index is 899. The van der Waals surface area contributed by atoms with Gasteiger partial charge in [-0.15, -0.1) is 0 Å². The van der Waals surface area contributed by atoms with Crippen LogP contribution in [0.15, 0.2) is 48.5 Å². The van der Waals surface area contributed by atoms with Gasteiger partial charge in [-0.05, 0) is 30.3 Å². The molecule has 1 aromatic heterocycles. The average Bonchev–Trinajstić information content (AvgIpc) is 2.54. The summed E-state index contributed by atoms with van der Waals surface area (Å²) in [5.41, 5.74) is 1.19. The molecule has 2 aromatic carbocycles. The van der Waals surface area contributed by atoms with E-state index >= 15 is 0 Å². The Kier molecular flexibility index (Phi) is 4.12. The van der Waals surface area contributed by atoms with Crippen molar-refractivity contribution in [3.05, 3.63) is 65.1 Å². The molecule has 0 fully saturated rings. The molecule has 0 aliphatic rings. The van der Waals surface area contributed by atoms with Crippen molar-refractivity contribution in [3.63, 3.8) is 0 Å². The molecule has 0 aliphatic carbocycles. The van der Waals surface area contributed by atoms with E-state index in [1.54, 1.807) is 43.5 Å². The van der Waals surface area contributed by atoms with Gasteiger partial charge in [0, 0.05) is 23.2 Å². The van der Waals surface area contributed by atoms with Gasteiger partial charge in [-0.1, -0.05) is 17.7 Å². The largest absolute Gasteiger partial charge is 0.497 e. The van der Waals surface area contributed by atoms with Gasteiger partial charge in [0.2, 0.25) is 0 Å². The molecular weight excluding hydrogens is 319 g/mol. The van der Waals surface area contributed by atoms with E-state index in [1.165, 1.54) is 12.1 Å². The second-order valence-electron chi connectivity index (χ2n) is 4.85. The van der Waals surface area contributed by atoms with Crippen molar-refractivity contribution < 1.29 is 13.9 Å². The van der Waals surface area contributed by atoms with Crippen LogP contribution in [-0.2, 0) is 0 Å². The zero-order valence-electron chi connectivity index (χ0n) is 12.1. The van der Waals surface area contributed by atoms with E-state index in [-0.39, 0.29) is 10.7 Å². The number of hydrogen-bond donors (Lipinski definition) is 1. The molecule has 23 heavy (non-hydrogen) atoms. The van der Waals surface area contributed by atoms with Crippen LogP contribution in [0.1, 0.15) is 10.4 Å². The zero-order valence-corrected chi connectivity index (χ0v) is 12.9. The van der Waals surface area contributed by atoms with E-state index in [0.29, 0.717) is 22.3 Å². The number of rotatable bonds is 3. The fraction of sp³-hybridized carbons (Fsp3) is 0.0588. The summed E-state index contributed by atoms with van der Waals surface area (Å²) in [6.07, 6.45) is 0. The van der Waals surface area contributed by atoms with Crippen LogP contribution in [0.2, 0.25) is 5.15 Å². The van der Waals surface area contributed by atoms with Crippen molar-refractivity contribution in [1.82, 2.24) is 4.98 Å². The van der Waals surface area contributed by atoms with E-state index in [0.717, 1.165) is 0 Å². The zero-order chi connectivity index (χ0) is 16.4. The highest BCUT2D eigenvalue weighted by molar-refractivity contribution is 6.33. The Morgan fingerprint density at radius 3 is 2.83 bits per heavy atom. The van der Waals surface area contributed by atoms with Crippen LogP contribution in [0.25, 0.3) is 10.9 Å². The summed E-state index contributed by atoms with van der Waals surface area (Å²) >= 11 is 6.06. The maximum Gasteiger partial charge on any atom is 0.258 e. The number of fused-ring (bicyclic) bond motifs is 1. The number of pyridine rings is 1. The molecule has 4 nitrogen and oxygen atoms in total. The summed E-state index contributed by atoms with van der Waals surface area (Å²) in [6, 6.07) is 12.7. The van der Waals surface area contributed by atoms with E-state index in [1.807, 2.05) is 0 Å². The third-order valence-electron chi connectivity index (χ3n) is 3.31. The van der Waals surface area contributed by atoms with Gasteiger partial charge in [0.15, 0.2) is 0 Å². The number of nitrogens with one attached hydrogen (secondary N) is 1. The van der Waals surface area contributed by atoms with Crippen molar-refractivity contribution in [3.8, 4) is 5.75 Å². The Labute approximate surface area is 136 Å². The smallest absolute Gasteiger partial charge is 0.258 e. The third kappa shape index (κ3) is 3.24. The summed E-state index contributed by atoms with van der Waals surface area (Å²) < 4.78 is 18.3. The summed E-state index contributed by atoms with van der Waals surface area (Å²) in [5, 5.41) is 3.38. The fourth-order valence-electron chi connectivity index (χ4n) is 2.18. The van der Waals surface area contributed by atoms with Gasteiger partial charge < -0.3 is 10.1 Å². The van der Waals surface area contributed by atoms with E-state index in [9.17, 15) is 9.18 Å². The van der Waals surface area contributed by atoms with Crippen LogP contribution in [-0.4, -0.2) is 18.0 Å². The minimum absolute atomic E-state index is 0.0171. The lowest BCUT2D eigenvalue weighted by Crippen LogP contribution is -2.13. The van der Waals surface area contributed by atoms with Crippen LogP contribution in [0.4, 0.5) is 10.1 Å². The number of halogens is 2. The fourth-order valence-corrected chi connectivity index (χ4v) is 2.41. The molecule has 0 saturated heterocycles. The van der Waals surface area contributed by atoms with Gasteiger partial charge in [0.1, 0.15) is 16.7 Å². The monoisotopic (exact) mass is 330 g/mol. The van der Waals surface area contributed by atoms with Crippen molar-refractivity contribution in [2.24, 2.45) is 0 Å². The number of benzene rings is 2. The predicted molar refractivity (Wildman–Crippen MR) is 87.7 cm³/mol. The number of methoxy groups -OCH3 is 1. The maximum absolute atomic E-state index is 13.2. The summed E-state index contributed by atoms with van der Waals surface area (Å²) in [7, 11) is 1.55. The number of carbonyl (C=O) groups excluding carboxylic acids is 1. The predicted octanol–water partition coefficient (Wildman–Crippen LogP) is 4.29. The van der Waals surface area contributed by atoms with Crippen LogP contribution in [0.5, 0.6) is 5.75 Å². The number of amides is 1. The first-order chi connectivity index (χ1) is 11.1. The molecule has 1 N–H and O–H groups in total. The lowest BCUT2D eigenvalue weighted by atomic mass is 10.1. The Balaban J connectivity index is 1.93. The van der Waals surface area contributed by atoms with E-state index in [4.69, 9.17) is 16.3 Å². The number of carbonyl (C=O) groups is 1. The van der Waals surface area contributed by atoms with Crippen molar-refractivity contribution >= 4 is 34.1 Å². The number of aromatic nitrogens is 1.